The van der Waals surface area contributed by atoms with Crippen molar-refractivity contribution in [2.24, 2.45) is 0 Å². The number of rotatable bonds is 3. The molecule has 0 aromatic heterocycles. The molecule has 17 heavy (non-hydrogen) atoms. The molecule has 0 saturated carbocycles. The second kappa shape index (κ2) is 5.52. The van der Waals surface area contributed by atoms with Crippen LogP contribution >= 0.6 is 0 Å². The van der Waals surface area contributed by atoms with Crippen molar-refractivity contribution in [2.75, 3.05) is 20.8 Å². The summed E-state index contributed by atoms with van der Waals surface area (Å²) in [6.45, 7) is 3.87. The van der Waals surface area contributed by atoms with Crippen molar-refractivity contribution in [1.29, 1.82) is 0 Å². The van der Waals surface area contributed by atoms with Crippen LogP contribution in [-0.4, -0.2) is 37.6 Å². The van der Waals surface area contributed by atoms with Gasteiger partial charge in [-0.15, -0.1) is 0 Å². The molecule has 0 bridgehead atoms. The third kappa shape index (κ3) is 2.87. The van der Waals surface area contributed by atoms with Crippen LogP contribution in [0.15, 0.2) is 23.0 Å². The first-order valence-corrected chi connectivity index (χ1v) is 5.40. The number of methoxy groups -OCH3 is 1. The zero-order valence-electron chi connectivity index (χ0n) is 10.6. The second-order valence-electron chi connectivity index (χ2n) is 3.72. The number of hydrogen-bond donors (Lipinski definition) is 0. The van der Waals surface area contributed by atoms with Crippen molar-refractivity contribution in [2.45, 2.75) is 20.3 Å². The Kier molecular flexibility index (Phi) is 4.31. The molecule has 5 heteroatoms. The van der Waals surface area contributed by atoms with Gasteiger partial charge in [-0.05, 0) is 13.8 Å². The minimum absolute atomic E-state index is 0.252. The zero-order chi connectivity index (χ0) is 13.0. The Hall–Kier alpha value is -1.78. The van der Waals surface area contributed by atoms with Crippen LogP contribution in [0.3, 0.4) is 0 Å². The summed E-state index contributed by atoms with van der Waals surface area (Å²) in [5, 5.41) is 0. The van der Waals surface area contributed by atoms with Crippen molar-refractivity contribution in [3.63, 3.8) is 0 Å². The van der Waals surface area contributed by atoms with Crippen molar-refractivity contribution < 1.29 is 19.1 Å². The van der Waals surface area contributed by atoms with Crippen LogP contribution < -0.4 is 0 Å². The summed E-state index contributed by atoms with van der Waals surface area (Å²) in [4.78, 5) is 24.9. The topological polar surface area (TPSA) is 55.8 Å². The summed E-state index contributed by atoms with van der Waals surface area (Å²) in [5.41, 5.74) is 1.73. The van der Waals surface area contributed by atoms with Gasteiger partial charge in [0.25, 0.3) is 0 Å². The molecule has 0 amide bonds. The van der Waals surface area contributed by atoms with Crippen LogP contribution in [-0.2, 0) is 19.1 Å². The minimum atomic E-state index is -0.413. The van der Waals surface area contributed by atoms with Crippen molar-refractivity contribution in [1.82, 2.24) is 4.90 Å². The predicted molar refractivity (Wildman–Crippen MR) is 61.8 cm³/mol. The van der Waals surface area contributed by atoms with Crippen LogP contribution in [0.25, 0.3) is 0 Å². The Morgan fingerprint density at radius 3 is 2.59 bits per heavy atom. The largest absolute Gasteiger partial charge is 0.466 e. The number of hydrogen-bond acceptors (Lipinski definition) is 5. The molecule has 94 valence electrons. The maximum Gasteiger partial charge on any atom is 0.335 e. The van der Waals surface area contributed by atoms with Crippen molar-refractivity contribution >= 4 is 11.9 Å². The molecule has 0 atom stereocenters. The number of esters is 2. The second-order valence-corrected chi connectivity index (χ2v) is 3.72. The molecule has 0 spiro atoms. The first-order valence-electron chi connectivity index (χ1n) is 5.40. The standard InChI is InChI=1S/C12H17NO4/c1-5-17-11(14)9-6-10(12(15)16-4)8(2)13(3)7-9/h7H,5-6H2,1-4H3. The van der Waals surface area contributed by atoms with E-state index in [2.05, 4.69) is 0 Å². The minimum Gasteiger partial charge on any atom is -0.466 e. The average molecular weight is 239 g/mol. The van der Waals surface area contributed by atoms with Gasteiger partial charge >= 0.3 is 11.9 Å². The lowest BCUT2D eigenvalue weighted by Crippen LogP contribution is -2.24. The molecule has 0 unspecified atom stereocenters. The number of carbonyl (C=O) groups is 2. The first-order chi connectivity index (χ1) is 8.01. The Morgan fingerprint density at radius 2 is 2.06 bits per heavy atom. The summed E-state index contributed by atoms with van der Waals surface area (Å²) >= 11 is 0. The van der Waals surface area contributed by atoms with E-state index in [1.165, 1.54) is 7.11 Å². The lowest BCUT2D eigenvalue weighted by atomic mass is 10.0. The SMILES string of the molecule is CCOC(=O)C1=CN(C)C(C)=C(C(=O)OC)C1. The molecule has 0 saturated heterocycles. The zero-order valence-corrected chi connectivity index (χ0v) is 10.6. The molecule has 0 N–H and O–H groups in total. The molecular formula is C12H17NO4. The maximum absolute atomic E-state index is 11.6. The molecule has 0 radical (unpaired) electrons. The highest BCUT2D eigenvalue weighted by Gasteiger charge is 2.25. The molecule has 0 aromatic rings. The Bertz CT molecular complexity index is 395. The molecule has 0 aliphatic carbocycles. The van der Waals surface area contributed by atoms with E-state index in [9.17, 15) is 9.59 Å². The molecule has 5 nitrogen and oxygen atoms in total. The van der Waals surface area contributed by atoms with Gasteiger partial charge in [-0.25, -0.2) is 9.59 Å². The van der Waals surface area contributed by atoms with Gasteiger partial charge in [0.1, 0.15) is 0 Å². The predicted octanol–water partition coefficient (Wildman–Crippen LogP) is 1.22. The van der Waals surface area contributed by atoms with Gasteiger partial charge in [-0.3, -0.25) is 0 Å². The third-order valence-electron chi connectivity index (χ3n) is 2.65. The van der Waals surface area contributed by atoms with Crippen molar-refractivity contribution in [3.8, 4) is 0 Å². The summed E-state index contributed by atoms with van der Waals surface area (Å²) in [6, 6.07) is 0. The first kappa shape index (κ1) is 13.3. The van der Waals surface area contributed by atoms with Gasteiger partial charge in [0.15, 0.2) is 0 Å². The Morgan fingerprint density at radius 1 is 1.41 bits per heavy atom. The van der Waals surface area contributed by atoms with Gasteiger partial charge in [0.05, 0.1) is 24.9 Å². The number of nitrogens with zero attached hydrogens (tertiary/aromatic N) is 1. The van der Waals surface area contributed by atoms with Gasteiger partial charge in [0, 0.05) is 25.4 Å². The van der Waals surface area contributed by atoms with Gasteiger partial charge in [-0.2, -0.15) is 0 Å². The van der Waals surface area contributed by atoms with Gasteiger partial charge < -0.3 is 14.4 Å². The highest BCUT2D eigenvalue weighted by Crippen LogP contribution is 2.25. The highest BCUT2D eigenvalue weighted by molar-refractivity contribution is 5.95. The summed E-state index contributed by atoms with van der Waals surface area (Å²) < 4.78 is 9.61. The molecular weight excluding hydrogens is 222 g/mol. The molecule has 0 aromatic carbocycles. The van der Waals surface area contributed by atoms with Gasteiger partial charge in [0.2, 0.25) is 0 Å². The fourth-order valence-electron chi connectivity index (χ4n) is 1.60. The fourth-order valence-corrected chi connectivity index (χ4v) is 1.60. The molecule has 1 rings (SSSR count). The highest BCUT2D eigenvalue weighted by atomic mass is 16.5. The van der Waals surface area contributed by atoms with E-state index in [1.807, 2.05) is 6.92 Å². The fraction of sp³-hybridized carbons (Fsp3) is 0.500. The van der Waals surface area contributed by atoms with Crippen LogP contribution in [0.5, 0.6) is 0 Å². The average Bonchev–Trinajstić information content (AvgIpc) is 2.31. The van der Waals surface area contributed by atoms with E-state index in [0.717, 1.165) is 5.70 Å². The van der Waals surface area contributed by atoms with E-state index >= 15 is 0 Å². The van der Waals surface area contributed by atoms with Crippen LogP contribution in [0.4, 0.5) is 0 Å². The lowest BCUT2D eigenvalue weighted by Gasteiger charge is -2.25. The number of allylic oxidation sites excluding steroid dienone is 1. The van der Waals surface area contributed by atoms with Crippen LogP contribution in [0.1, 0.15) is 20.3 Å². The van der Waals surface area contributed by atoms with Crippen LogP contribution in [0.2, 0.25) is 0 Å². The van der Waals surface area contributed by atoms with E-state index in [0.29, 0.717) is 17.8 Å². The summed E-state index contributed by atoms with van der Waals surface area (Å²) in [6.07, 6.45) is 1.93. The monoisotopic (exact) mass is 239 g/mol. The lowest BCUT2D eigenvalue weighted by molar-refractivity contribution is -0.138. The normalized spacial score (nSPS) is 15.5. The molecule has 1 aliphatic heterocycles. The quantitative estimate of drug-likeness (QED) is 0.693. The van der Waals surface area contributed by atoms with E-state index in [-0.39, 0.29) is 6.42 Å². The van der Waals surface area contributed by atoms with Crippen LogP contribution in [0, 0.1) is 0 Å². The summed E-state index contributed by atoms with van der Waals surface area (Å²) in [7, 11) is 3.10. The number of carbonyl (C=O) groups excluding carboxylic acids is 2. The van der Waals surface area contributed by atoms with E-state index in [4.69, 9.17) is 9.47 Å². The van der Waals surface area contributed by atoms with E-state index < -0.39 is 11.9 Å². The van der Waals surface area contributed by atoms with Crippen molar-refractivity contribution in [3.05, 3.63) is 23.0 Å². The molecule has 1 heterocycles. The van der Waals surface area contributed by atoms with Gasteiger partial charge in [-0.1, -0.05) is 0 Å². The smallest absolute Gasteiger partial charge is 0.335 e. The Labute approximate surface area is 101 Å². The molecule has 1 aliphatic rings. The molecule has 0 fully saturated rings. The summed E-state index contributed by atoms with van der Waals surface area (Å²) in [5.74, 6) is -0.808. The Balaban J connectivity index is 2.93. The number of ether oxygens (including phenoxy) is 2. The maximum atomic E-state index is 11.6. The third-order valence-corrected chi connectivity index (χ3v) is 2.65. The van der Waals surface area contributed by atoms with E-state index in [1.54, 1.807) is 25.1 Å².